The van der Waals surface area contributed by atoms with E-state index < -0.39 is 0 Å². The fraction of sp³-hybridized carbons (Fsp3) is 0.154. The SMILES string of the molecule is Cc1cc2c(cc1-c1c(C)cc(C(=O)Nc3ccc4cccnc4c3)cc1C)OCO2. The summed E-state index contributed by atoms with van der Waals surface area (Å²) in [7, 11) is 0. The number of aromatic nitrogens is 1. The number of nitrogens with zero attached hydrogens (tertiary/aromatic N) is 1. The summed E-state index contributed by atoms with van der Waals surface area (Å²) in [5.41, 5.74) is 7.58. The van der Waals surface area contributed by atoms with Gasteiger partial charge in [0.25, 0.3) is 5.91 Å². The average molecular weight is 410 g/mol. The summed E-state index contributed by atoms with van der Waals surface area (Å²) < 4.78 is 11.0. The van der Waals surface area contributed by atoms with Crippen molar-refractivity contribution in [2.75, 3.05) is 12.1 Å². The summed E-state index contributed by atoms with van der Waals surface area (Å²) in [6.07, 6.45) is 1.75. The molecule has 1 aromatic heterocycles. The second-order valence-electron chi connectivity index (χ2n) is 7.87. The number of carbonyl (C=O) groups excluding carboxylic acids is 1. The molecule has 0 unspecified atom stereocenters. The lowest BCUT2D eigenvalue weighted by atomic mass is 9.90. The van der Waals surface area contributed by atoms with Gasteiger partial charge >= 0.3 is 0 Å². The first-order valence-corrected chi connectivity index (χ1v) is 10.2. The third kappa shape index (κ3) is 3.48. The number of hydrogen-bond donors (Lipinski definition) is 1. The third-order valence-electron chi connectivity index (χ3n) is 5.65. The molecule has 0 aliphatic carbocycles. The van der Waals surface area contributed by atoms with Gasteiger partial charge in [-0.15, -0.1) is 0 Å². The molecule has 0 saturated carbocycles. The number of aryl methyl sites for hydroxylation is 3. The average Bonchev–Trinajstić information content (AvgIpc) is 3.20. The molecule has 0 bridgehead atoms. The van der Waals surface area contributed by atoms with E-state index in [2.05, 4.69) is 17.2 Å². The van der Waals surface area contributed by atoms with Crippen LogP contribution in [-0.4, -0.2) is 17.7 Å². The van der Waals surface area contributed by atoms with E-state index in [1.54, 1.807) is 6.20 Å². The van der Waals surface area contributed by atoms with Crippen LogP contribution >= 0.6 is 0 Å². The van der Waals surface area contributed by atoms with Crippen LogP contribution in [0.3, 0.4) is 0 Å². The molecule has 2 heterocycles. The smallest absolute Gasteiger partial charge is 0.255 e. The second-order valence-corrected chi connectivity index (χ2v) is 7.87. The lowest BCUT2D eigenvalue weighted by Crippen LogP contribution is -2.12. The van der Waals surface area contributed by atoms with Gasteiger partial charge < -0.3 is 14.8 Å². The van der Waals surface area contributed by atoms with Crippen molar-refractivity contribution in [3.63, 3.8) is 0 Å². The van der Waals surface area contributed by atoms with E-state index in [1.807, 2.05) is 68.4 Å². The maximum Gasteiger partial charge on any atom is 0.255 e. The maximum absolute atomic E-state index is 13.0. The van der Waals surface area contributed by atoms with E-state index in [1.165, 1.54) is 0 Å². The fourth-order valence-corrected chi connectivity index (χ4v) is 4.18. The number of nitrogens with one attached hydrogen (secondary N) is 1. The topological polar surface area (TPSA) is 60.5 Å². The largest absolute Gasteiger partial charge is 0.454 e. The first kappa shape index (κ1) is 19.1. The molecule has 0 fully saturated rings. The Morgan fingerprint density at radius 1 is 0.903 bits per heavy atom. The monoisotopic (exact) mass is 410 g/mol. The predicted octanol–water partition coefficient (Wildman–Crippen LogP) is 5.81. The molecule has 5 rings (SSSR count). The molecule has 1 aliphatic heterocycles. The zero-order chi connectivity index (χ0) is 21.5. The number of carbonyl (C=O) groups is 1. The molecule has 0 spiro atoms. The van der Waals surface area contributed by atoms with E-state index in [9.17, 15) is 4.79 Å². The minimum Gasteiger partial charge on any atom is -0.454 e. The van der Waals surface area contributed by atoms with Crippen LogP contribution < -0.4 is 14.8 Å². The number of ether oxygens (including phenoxy) is 2. The molecule has 0 atom stereocenters. The van der Waals surface area contributed by atoms with Crippen LogP contribution in [0.2, 0.25) is 0 Å². The summed E-state index contributed by atoms with van der Waals surface area (Å²) in [5, 5.41) is 4.03. The van der Waals surface area contributed by atoms with Crippen molar-refractivity contribution in [2.24, 2.45) is 0 Å². The van der Waals surface area contributed by atoms with Crippen molar-refractivity contribution in [1.29, 1.82) is 0 Å². The zero-order valence-electron chi connectivity index (χ0n) is 17.7. The molecular weight excluding hydrogens is 388 g/mol. The Morgan fingerprint density at radius 2 is 1.65 bits per heavy atom. The normalized spacial score (nSPS) is 12.2. The van der Waals surface area contributed by atoms with Gasteiger partial charge in [0, 0.05) is 22.8 Å². The van der Waals surface area contributed by atoms with Crippen LogP contribution in [0.5, 0.6) is 11.5 Å². The van der Waals surface area contributed by atoms with E-state index in [-0.39, 0.29) is 12.7 Å². The molecule has 1 aliphatic rings. The van der Waals surface area contributed by atoms with E-state index in [4.69, 9.17) is 9.47 Å². The molecule has 5 heteroatoms. The standard InChI is InChI=1S/C26H22N2O3/c1-15-11-23-24(31-14-30-23)13-21(15)25-16(2)9-19(10-17(25)3)26(29)28-20-7-6-18-5-4-8-27-22(18)12-20/h4-13H,14H2,1-3H3,(H,28,29). The van der Waals surface area contributed by atoms with Crippen molar-refractivity contribution in [1.82, 2.24) is 4.98 Å². The fourth-order valence-electron chi connectivity index (χ4n) is 4.18. The number of benzene rings is 3. The van der Waals surface area contributed by atoms with Crippen LogP contribution in [0.4, 0.5) is 5.69 Å². The van der Waals surface area contributed by atoms with Crippen molar-refractivity contribution in [2.45, 2.75) is 20.8 Å². The molecule has 1 N–H and O–H groups in total. The highest BCUT2D eigenvalue weighted by molar-refractivity contribution is 6.05. The zero-order valence-corrected chi connectivity index (χ0v) is 17.7. The van der Waals surface area contributed by atoms with Gasteiger partial charge in [0.15, 0.2) is 11.5 Å². The Kier molecular flexibility index (Phi) is 4.59. The van der Waals surface area contributed by atoms with Crippen molar-refractivity contribution in [3.8, 4) is 22.6 Å². The van der Waals surface area contributed by atoms with Crippen LogP contribution in [0.1, 0.15) is 27.0 Å². The van der Waals surface area contributed by atoms with Gasteiger partial charge in [0.2, 0.25) is 6.79 Å². The molecule has 0 saturated heterocycles. The summed E-state index contributed by atoms with van der Waals surface area (Å²) in [6, 6.07) is 17.5. The molecule has 3 aromatic carbocycles. The minimum absolute atomic E-state index is 0.143. The second kappa shape index (κ2) is 7.43. The van der Waals surface area contributed by atoms with Gasteiger partial charge in [-0.05, 0) is 91.1 Å². The quantitative estimate of drug-likeness (QED) is 0.463. The number of rotatable bonds is 3. The highest BCUT2D eigenvalue weighted by Crippen LogP contribution is 2.40. The van der Waals surface area contributed by atoms with Crippen molar-refractivity contribution in [3.05, 3.63) is 83.0 Å². The van der Waals surface area contributed by atoms with Crippen LogP contribution in [-0.2, 0) is 0 Å². The Balaban J connectivity index is 1.46. The van der Waals surface area contributed by atoms with Gasteiger partial charge in [-0.2, -0.15) is 0 Å². The van der Waals surface area contributed by atoms with Crippen LogP contribution in [0.25, 0.3) is 22.0 Å². The van der Waals surface area contributed by atoms with Crippen LogP contribution in [0.15, 0.2) is 60.8 Å². The third-order valence-corrected chi connectivity index (χ3v) is 5.65. The minimum atomic E-state index is -0.143. The molecule has 31 heavy (non-hydrogen) atoms. The van der Waals surface area contributed by atoms with E-state index >= 15 is 0 Å². The Hall–Kier alpha value is -3.86. The number of anilines is 1. The van der Waals surface area contributed by atoms with Crippen LogP contribution in [0, 0.1) is 20.8 Å². The Labute approximate surface area is 180 Å². The first-order valence-electron chi connectivity index (χ1n) is 10.2. The number of amides is 1. The molecule has 4 aromatic rings. The lowest BCUT2D eigenvalue weighted by molar-refractivity contribution is 0.102. The van der Waals surface area contributed by atoms with E-state index in [0.717, 1.165) is 55.9 Å². The number of fused-ring (bicyclic) bond motifs is 2. The van der Waals surface area contributed by atoms with Crippen molar-refractivity contribution >= 4 is 22.5 Å². The molecule has 5 nitrogen and oxygen atoms in total. The van der Waals surface area contributed by atoms with E-state index in [0.29, 0.717) is 5.56 Å². The summed E-state index contributed by atoms with van der Waals surface area (Å²) in [4.78, 5) is 17.3. The molecule has 0 radical (unpaired) electrons. The molecular formula is C26H22N2O3. The first-order chi connectivity index (χ1) is 15.0. The Morgan fingerprint density at radius 3 is 2.42 bits per heavy atom. The molecule has 1 amide bonds. The van der Waals surface area contributed by atoms with Crippen molar-refractivity contribution < 1.29 is 14.3 Å². The predicted molar refractivity (Wildman–Crippen MR) is 122 cm³/mol. The maximum atomic E-state index is 13.0. The van der Waals surface area contributed by atoms with Gasteiger partial charge in [-0.3, -0.25) is 9.78 Å². The number of pyridine rings is 1. The van der Waals surface area contributed by atoms with Gasteiger partial charge in [-0.25, -0.2) is 0 Å². The summed E-state index contributed by atoms with van der Waals surface area (Å²) in [5.74, 6) is 1.39. The number of hydrogen-bond acceptors (Lipinski definition) is 4. The molecule has 154 valence electrons. The van der Waals surface area contributed by atoms with Gasteiger partial charge in [0.05, 0.1) is 5.52 Å². The summed E-state index contributed by atoms with van der Waals surface area (Å²) >= 11 is 0. The van der Waals surface area contributed by atoms with Gasteiger partial charge in [-0.1, -0.05) is 12.1 Å². The van der Waals surface area contributed by atoms with Gasteiger partial charge in [0.1, 0.15) is 0 Å². The Bertz CT molecular complexity index is 1320. The lowest BCUT2D eigenvalue weighted by Gasteiger charge is -2.16. The highest BCUT2D eigenvalue weighted by Gasteiger charge is 2.19. The summed E-state index contributed by atoms with van der Waals surface area (Å²) in [6.45, 7) is 6.37. The highest BCUT2D eigenvalue weighted by atomic mass is 16.7.